The first-order valence-electron chi connectivity index (χ1n) is 6.29. The number of nitrogens with two attached hydrogens (primary N) is 1. The number of hydrogen-bond donors (Lipinski definition) is 1. The number of nitrogens with zero attached hydrogens (tertiary/aromatic N) is 2. The molecule has 0 unspecified atom stereocenters. The number of benzene rings is 1. The first-order valence-corrected chi connectivity index (χ1v) is 6.29. The lowest BCUT2D eigenvalue weighted by Crippen LogP contribution is -2.13. The van der Waals surface area contributed by atoms with E-state index < -0.39 is 0 Å². The summed E-state index contributed by atoms with van der Waals surface area (Å²) in [6, 6.07) is 11.9. The molecule has 1 aromatic carbocycles. The molecule has 100 valence electrons. The van der Waals surface area contributed by atoms with Gasteiger partial charge in [0.2, 0.25) is 5.88 Å². The van der Waals surface area contributed by atoms with Crippen LogP contribution in [-0.2, 0) is 6.42 Å². The highest BCUT2D eigenvalue weighted by atomic mass is 16.5. The van der Waals surface area contributed by atoms with Gasteiger partial charge >= 0.3 is 0 Å². The zero-order valence-electron chi connectivity index (χ0n) is 11.6. The van der Waals surface area contributed by atoms with Gasteiger partial charge in [-0.1, -0.05) is 19.1 Å². The second kappa shape index (κ2) is 5.61. The van der Waals surface area contributed by atoms with Crippen molar-refractivity contribution in [3.05, 3.63) is 42.0 Å². The van der Waals surface area contributed by atoms with Crippen molar-refractivity contribution in [3.63, 3.8) is 0 Å². The fraction of sp³-hybridized carbons (Fsp3) is 0.267. The maximum atomic E-state index is 5.98. The molecule has 0 aliphatic carbocycles. The summed E-state index contributed by atoms with van der Waals surface area (Å²) in [5.41, 5.74) is 8.96. The molecule has 0 atom stereocenters. The Kier molecular flexibility index (Phi) is 3.90. The molecule has 0 aliphatic rings. The van der Waals surface area contributed by atoms with E-state index in [-0.39, 0.29) is 0 Å². The smallest absolute Gasteiger partial charge is 0.215 e. The van der Waals surface area contributed by atoms with Crippen molar-refractivity contribution in [2.24, 2.45) is 0 Å². The highest BCUT2D eigenvalue weighted by molar-refractivity contribution is 5.71. The van der Waals surface area contributed by atoms with Gasteiger partial charge in [-0.05, 0) is 30.2 Å². The quantitative estimate of drug-likeness (QED) is 0.914. The molecule has 0 fully saturated rings. The molecule has 0 radical (unpaired) electrons. The Balaban J connectivity index is 2.34. The molecule has 4 heteroatoms. The second-order valence-electron chi connectivity index (χ2n) is 4.35. The van der Waals surface area contributed by atoms with Gasteiger partial charge in [-0.15, -0.1) is 0 Å². The Labute approximate surface area is 113 Å². The number of methoxy groups -OCH3 is 1. The average molecular weight is 257 g/mol. The zero-order chi connectivity index (χ0) is 13.8. The number of ether oxygens (including phenoxy) is 1. The topological polar surface area (TPSA) is 51.4 Å². The Bertz CT molecular complexity index is 552. The molecule has 1 aromatic heterocycles. The van der Waals surface area contributed by atoms with E-state index >= 15 is 0 Å². The number of aryl methyl sites for hydroxylation is 1. The molecule has 0 bridgehead atoms. The molecule has 19 heavy (non-hydrogen) atoms. The number of rotatable bonds is 4. The van der Waals surface area contributed by atoms with Crippen LogP contribution in [0.2, 0.25) is 0 Å². The van der Waals surface area contributed by atoms with E-state index in [0.717, 1.165) is 12.1 Å². The fourth-order valence-electron chi connectivity index (χ4n) is 1.90. The van der Waals surface area contributed by atoms with Crippen LogP contribution in [0.4, 0.5) is 17.2 Å². The predicted molar refractivity (Wildman–Crippen MR) is 79.1 cm³/mol. The summed E-state index contributed by atoms with van der Waals surface area (Å²) in [6.07, 6.45) is 1.03. The van der Waals surface area contributed by atoms with Gasteiger partial charge in [-0.2, -0.15) is 4.98 Å². The molecule has 0 spiro atoms. The van der Waals surface area contributed by atoms with Crippen molar-refractivity contribution in [2.45, 2.75) is 13.3 Å². The SMILES string of the molecule is CCc1ccc(N(C)c2nc(OC)ccc2N)cc1. The zero-order valence-corrected chi connectivity index (χ0v) is 11.6. The predicted octanol–water partition coefficient (Wildman–Crippen LogP) is 3.00. The third-order valence-electron chi connectivity index (χ3n) is 3.14. The minimum absolute atomic E-state index is 0.557. The lowest BCUT2D eigenvalue weighted by molar-refractivity contribution is 0.398. The first-order chi connectivity index (χ1) is 9.15. The number of pyridine rings is 1. The Morgan fingerprint density at radius 3 is 2.42 bits per heavy atom. The lowest BCUT2D eigenvalue weighted by atomic mass is 10.1. The summed E-state index contributed by atoms with van der Waals surface area (Å²) in [6.45, 7) is 2.14. The summed E-state index contributed by atoms with van der Waals surface area (Å²) in [4.78, 5) is 6.34. The molecule has 0 saturated carbocycles. The van der Waals surface area contributed by atoms with E-state index in [9.17, 15) is 0 Å². The molecular weight excluding hydrogens is 238 g/mol. The maximum absolute atomic E-state index is 5.98. The Morgan fingerprint density at radius 2 is 1.84 bits per heavy atom. The highest BCUT2D eigenvalue weighted by Gasteiger charge is 2.10. The van der Waals surface area contributed by atoms with Crippen LogP contribution >= 0.6 is 0 Å². The molecule has 2 aromatic rings. The van der Waals surface area contributed by atoms with E-state index in [4.69, 9.17) is 10.5 Å². The molecule has 0 aliphatic heterocycles. The standard InChI is InChI=1S/C15H19N3O/c1-4-11-5-7-12(8-6-11)18(2)15-13(16)9-10-14(17-15)19-3/h5-10H,4,16H2,1-3H3. The van der Waals surface area contributed by atoms with Gasteiger partial charge in [0.05, 0.1) is 12.8 Å². The molecule has 2 rings (SSSR count). The number of nitrogen functional groups attached to an aromatic ring is 1. The normalized spacial score (nSPS) is 10.3. The van der Waals surface area contributed by atoms with Crippen molar-refractivity contribution >= 4 is 17.2 Å². The largest absolute Gasteiger partial charge is 0.481 e. The summed E-state index contributed by atoms with van der Waals surface area (Å²) in [5, 5.41) is 0. The van der Waals surface area contributed by atoms with Crippen LogP contribution in [0.25, 0.3) is 0 Å². The minimum atomic E-state index is 0.557. The van der Waals surface area contributed by atoms with Gasteiger partial charge in [0.15, 0.2) is 5.82 Å². The number of aromatic nitrogens is 1. The third kappa shape index (κ3) is 2.78. The summed E-state index contributed by atoms with van der Waals surface area (Å²) < 4.78 is 5.14. The van der Waals surface area contributed by atoms with Crippen LogP contribution in [0, 0.1) is 0 Å². The lowest BCUT2D eigenvalue weighted by Gasteiger charge is -2.20. The van der Waals surface area contributed by atoms with Crippen molar-refractivity contribution in [3.8, 4) is 5.88 Å². The average Bonchev–Trinajstić information content (AvgIpc) is 2.47. The summed E-state index contributed by atoms with van der Waals surface area (Å²) >= 11 is 0. The van der Waals surface area contributed by atoms with Crippen LogP contribution in [-0.4, -0.2) is 19.1 Å². The molecule has 0 amide bonds. The third-order valence-corrected chi connectivity index (χ3v) is 3.14. The van der Waals surface area contributed by atoms with Crippen LogP contribution in [0.5, 0.6) is 5.88 Å². The van der Waals surface area contributed by atoms with E-state index in [1.165, 1.54) is 5.56 Å². The van der Waals surface area contributed by atoms with Gasteiger partial charge in [-0.25, -0.2) is 0 Å². The van der Waals surface area contributed by atoms with Crippen LogP contribution < -0.4 is 15.4 Å². The second-order valence-corrected chi connectivity index (χ2v) is 4.35. The van der Waals surface area contributed by atoms with E-state index in [1.54, 1.807) is 19.2 Å². The van der Waals surface area contributed by atoms with E-state index in [0.29, 0.717) is 17.4 Å². The van der Waals surface area contributed by atoms with Gasteiger partial charge in [0, 0.05) is 18.8 Å². The van der Waals surface area contributed by atoms with Gasteiger partial charge in [0.25, 0.3) is 0 Å². The van der Waals surface area contributed by atoms with Crippen molar-refractivity contribution in [1.29, 1.82) is 0 Å². The van der Waals surface area contributed by atoms with Crippen molar-refractivity contribution < 1.29 is 4.74 Å². The molecule has 1 heterocycles. The maximum Gasteiger partial charge on any atom is 0.215 e. The molecule has 2 N–H and O–H groups in total. The van der Waals surface area contributed by atoms with Gasteiger partial charge < -0.3 is 15.4 Å². The van der Waals surface area contributed by atoms with Gasteiger partial charge in [0.1, 0.15) is 0 Å². The summed E-state index contributed by atoms with van der Waals surface area (Å²) in [7, 11) is 3.54. The van der Waals surface area contributed by atoms with Crippen LogP contribution in [0.1, 0.15) is 12.5 Å². The molecular formula is C15H19N3O. The van der Waals surface area contributed by atoms with Crippen LogP contribution in [0.3, 0.4) is 0 Å². The van der Waals surface area contributed by atoms with Crippen molar-refractivity contribution in [1.82, 2.24) is 4.98 Å². The first kappa shape index (κ1) is 13.2. The highest BCUT2D eigenvalue weighted by Crippen LogP contribution is 2.29. The fourth-order valence-corrected chi connectivity index (χ4v) is 1.90. The van der Waals surface area contributed by atoms with E-state index in [1.807, 2.05) is 11.9 Å². The Hall–Kier alpha value is -2.23. The Morgan fingerprint density at radius 1 is 1.16 bits per heavy atom. The van der Waals surface area contributed by atoms with Gasteiger partial charge in [-0.3, -0.25) is 0 Å². The van der Waals surface area contributed by atoms with Crippen molar-refractivity contribution in [2.75, 3.05) is 24.8 Å². The summed E-state index contributed by atoms with van der Waals surface area (Å²) in [5.74, 6) is 1.25. The minimum Gasteiger partial charge on any atom is -0.481 e. The number of hydrogen-bond acceptors (Lipinski definition) is 4. The monoisotopic (exact) mass is 257 g/mol. The van der Waals surface area contributed by atoms with E-state index in [2.05, 4.69) is 36.2 Å². The molecule has 0 saturated heterocycles. The van der Waals surface area contributed by atoms with Crippen LogP contribution in [0.15, 0.2) is 36.4 Å². The molecule has 4 nitrogen and oxygen atoms in total. The number of anilines is 3.